The summed E-state index contributed by atoms with van der Waals surface area (Å²) in [5.74, 6) is 1.70. The summed E-state index contributed by atoms with van der Waals surface area (Å²) in [6.45, 7) is 1.98. The fourth-order valence-corrected chi connectivity index (χ4v) is 3.09. The van der Waals surface area contributed by atoms with Crippen LogP contribution in [0, 0.1) is 0 Å². The van der Waals surface area contributed by atoms with Crippen LogP contribution in [0.15, 0.2) is 22.9 Å². The van der Waals surface area contributed by atoms with Crippen molar-refractivity contribution in [3.05, 3.63) is 22.9 Å². The molecule has 96 valence electrons. The molecule has 18 heavy (non-hydrogen) atoms. The number of nitrogens with zero attached hydrogens (tertiary/aromatic N) is 3. The summed E-state index contributed by atoms with van der Waals surface area (Å²) < 4.78 is 3.07. The zero-order valence-electron chi connectivity index (χ0n) is 10.0. The first-order valence-electron chi connectivity index (χ1n) is 6.08. The summed E-state index contributed by atoms with van der Waals surface area (Å²) in [6.07, 6.45) is 5.74. The number of piperidine rings is 1. The minimum atomic E-state index is 0.336. The molecule has 1 fully saturated rings. The molecule has 5 nitrogen and oxygen atoms in total. The highest BCUT2D eigenvalue weighted by Crippen LogP contribution is 2.31. The summed E-state index contributed by atoms with van der Waals surface area (Å²) in [6, 6.07) is 2.44. The number of rotatable bonds is 1. The van der Waals surface area contributed by atoms with E-state index in [4.69, 9.17) is 11.5 Å². The normalized spacial score (nSPS) is 17.6. The first-order valence-corrected chi connectivity index (χ1v) is 6.87. The van der Waals surface area contributed by atoms with Gasteiger partial charge in [0, 0.05) is 36.0 Å². The van der Waals surface area contributed by atoms with Crippen LogP contribution in [0.25, 0.3) is 5.52 Å². The van der Waals surface area contributed by atoms with Crippen molar-refractivity contribution in [3.63, 3.8) is 0 Å². The van der Waals surface area contributed by atoms with Gasteiger partial charge >= 0.3 is 0 Å². The number of anilines is 2. The fraction of sp³-hybridized carbons (Fsp3) is 0.417. The van der Waals surface area contributed by atoms with E-state index < -0.39 is 0 Å². The molecular weight excluding hydrogens is 294 g/mol. The van der Waals surface area contributed by atoms with Gasteiger partial charge in [-0.25, -0.2) is 4.98 Å². The third-order valence-electron chi connectivity index (χ3n) is 3.51. The Morgan fingerprint density at radius 2 is 2.06 bits per heavy atom. The van der Waals surface area contributed by atoms with Crippen LogP contribution in [0.3, 0.4) is 0 Å². The highest BCUT2D eigenvalue weighted by molar-refractivity contribution is 9.10. The summed E-state index contributed by atoms with van der Waals surface area (Å²) in [7, 11) is 0. The SMILES string of the molecule is Nc1nccn2c(N3CCC(N)CC3)cc(Br)c12. The second-order valence-corrected chi connectivity index (χ2v) is 5.56. The molecule has 0 saturated carbocycles. The molecule has 2 aromatic rings. The molecule has 3 heterocycles. The van der Waals surface area contributed by atoms with Gasteiger partial charge in [0.1, 0.15) is 17.2 Å². The molecule has 3 rings (SSSR count). The molecular formula is C12H16BrN5. The number of halogens is 1. The Kier molecular flexibility index (Phi) is 2.91. The summed E-state index contributed by atoms with van der Waals surface area (Å²) in [5, 5.41) is 0. The van der Waals surface area contributed by atoms with Crippen molar-refractivity contribution in [2.45, 2.75) is 18.9 Å². The molecule has 0 radical (unpaired) electrons. The molecule has 0 aromatic carbocycles. The maximum Gasteiger partial charge on any atom is 0.148 e. The molecule has 4 N–H and O–H groups in total. The predicted molar refractivity (Wildman–Crippen MR) is 76.7 cm³/mol. The third-order valence-corrected chi connectivity index (χ3v) is 4.11. The topological polar surface area (TPSA) is 72.6 Å². The van der Waals surface area contributed by atoms with E-state index in [1.54, 1.807) is 6.20 Å². The van der Waals surface area contributed by atoms with Crippen molar-refractivity contribution in [2.24, 2.45) is 5.73 Å². The molecule has 1 saturated heterocycles. The highest BCUT2D eigenvalue weighted by Gasteiger charge is 2.20. The van der Waals surface area contributed by atoms with Crippen molar-refractivity contribution in [1.82, 2.24) is 9.38 Å². The predicted octanol–water partition coefficient (Wildman–Crippen LogP) is 1.61. The van der Waals surface area contributed by atoms with E-state index >= 15 is 0 Å². The number of nitrogen functional groups attached to an aromatic ring is 1. The van der Waals surface area contributed by atoms with Crippen molar-refractivity contribution < 1.29 is 0 Å². The maximum atomic E-state index is 5.94. The zero-order chi connectivity index (χ0) is 12.7. The van der Waals surface area contributed by atoms with Gasteiger partial charge in [-0.1, -0.05) is 0 Å². The van der Waals surface area contributed by atoms with E-state index in [-0.39, 0.29) is 0 Å². The lowest BCUT2D eigenvalue weighted by molar-refractivity contribution is 0.498. The van der Waals surface area contributed by atoms with Crippen LogP contribution in [0.2, 0.25) is 0 Å². The van der Waals surface area contributed by atoms with Gasteiger partial charge in [-0.15, -0.1) is 0 Å². The van der Waals surface area contributed by atoms with Gasteiger partial charge in [0.05, 0.1) is 0 Å². The van der Waals surface area contributed by atoms with E-state index in [9.17, 15) is 0 Å². The van der Waals surface area contributed by atoms with Crippen LogP contribution in [0.5, 0.6) is 0 Å². The van der Waals surface area contributed by atoms with Crippen LogP contribution in [-0.4, -0.2) is 28.5 Å². The van der Waals surface area contributed by atoms with Gasteiger partial charge in [0.2, 0.25) is 0 Å². The average Bonchev–Trinajstić information content (AvgIpc) is 2.69. The Hall–Kier alpha value is -1.27. The van der Waals surface area contributed by atoms with Crippen LogP contribution in [0.1, 0.15) is 12.8 Å². The molecule has 2 aromatic heterocycles. The second-order valence-electron chi connectivity index (χ2n) is 4.71. The lowest BCUT2D eigenvalue weighted by Crippen LogP contribution is -2.40. The highest BCUT2D eigenvalue weighted by atomic mass is 79.9. The number of hydrogen-bond acceptors (Lipinski definition) is 4. The Balaban J connectivity index is 2.05. The van der Waals surface area contributed by atoms with Gasteiger partial charge in [-0.2, -0.15) is 0 Å². The quantitative estimate of drug-likeness (QED) is 0.839. The van der Waals surface area contributed by atoms with Gasteiger partial charge in [-0.05, 0) is 34.8 Å². The molecule has 0 unspecified atom stereocenters. The number of aromatic nitrogens is 2. The molecule has 0 aliphatic carbocycles. The molecule has 0 atom stereocenters. The maximum absolute atomic E-state index is 5.94. The number of fused-ring (bicyclic) bond motifs is 1. The van der Waals surface area contributed by atoms with E-state index in [1.807, 2.05) is 6.20 Å². The lowest BCUT2D eigenvalue weighted by Gasteiger charge is -2.31. The Labute approximate surface area is 114 Å². The van der Waals surface area contributed by atoms with Crippen LogP contribution >= 0.6 is 15.9 Å². The van der Waals surface area contributed by atoms with E-state index in [1.165, 1.54) is 0 Å². The molecule has 1 aliphatic heterocycles. The Morgan fingerprint density at radius 3 is 2.78 bits per heavy atom. The monoisotopic (exact) mass is 309 g/mol. The minimum Gasteiger partial charge on any atom is -0.382 e. The summed E-state index contributed by atoms with van der Waals surface area (Å²) in [5.41, 5.74) is 12.8. The van der Waals surface area contributed by atoms with Crippen molar-refractivity contribution >= 4 is 33.1 Å². The third kappa shape index (κ3) is 1.85. The molecule has 1 aliphatic rings. The van der Waals surface area contributed by atoms with Crippen LogP contribution in [-0.2, 0) is 0 Å². The first-order chi connectivity index (χ1) is 8.66. The first kappa shape index (κ1) is 11.8. The molecule has 0 spiro atoms. The number of hydrogen-bond donors (Lipinski definition) is 2. The fourth-order valence-electron chi connectivity index (χ4n) is 2.49. The van der Waals surface area contributed by atoms with E-state index in [0.29, 0.717) is 11.9 Å². The Morgan fingerprint density at radius 1 is 1.33 bits per heavy atom. The number of nitrogens with two attached hydrogens (primary N) is 2. The van der Waals surface area contributed by atoms with Crippen molar-refractivity contribution in [1.29, 1.82) is 0 Å². The van der Waals surface area contributed by atoms with Gasteiger partial charge in [0.25, 0.3) is 0 Å². The minimum absolute atomic E-state index is 0.336. The summed E-state index contributed by atoms with van der Waals surface area (Å²) in [4.78, 5) is 6.47. The van der Waals surface area contributed by atoms with E-state index in [0.717, 1.165) is 41.7 Å². The molecule has 6 heteroatoms. The summed E-state index contributed by atoms with van der Waals surface area (Å²) >= 11 is 3.55. The molecule has 0 amide bonds. The Bertz CT molecular complexity index is 571. The molecule has 0 bridgehead atoms. The van der Waals surface area contributed by atoms with Gasteiger partial charge in [0.15, 0.2) is 0 Å². The van der Waals surface area contributed by atoms with Gasteiger partial charge in [-0.3, -0.25) is 4.40 Å². The smallest absolute Gasteiger partial charge is 0.148 e. The van der Waals surface area contributed by atoms with Crippen molar-refractivity contribution in [2.75, 3.05) is 23.7 Å². The largest absolute Gasteiger partial charge is 0.382 e. The van der Waals surface area contributed by atoms with Gasteiger partial charge < -0.3 is 16.4 Å². The van der Waals surface area contributed by atoms with Crippen LogP contribution in [0.4, 0.5) is 11.6 Å². The second kappa shape index (κ2) is 4.44. The lowest BCUT2D eigenvalue weighted by atomic mass is 10.1. The zero-order valence-corrected chi connectivity index (χ0v) is 11.6. The standard InChI is InChI=1S/C12H16BrN5/c13-9-7-10(17-4-1-8(14)2-5-17)18-6-3-16-12(15)11(9)18/h3,6-8H,1-2,4-5,14H2,(H2,15,16). The van der Waals surface area contributed by atoms with Crippen LogP contribution < -0.4 is 16.4 Å². The average molecular weight is 310 g/mol. The van der Waals surface area contributed by atoms with E-state index in [2.05, 4.69) is 36.3 Å². The van der Waals surface area contributed by atoms with Crippen molar-refractivity contribution in [3.8, 4) is 0 Å².